The summed E-state index contributed by atoms with van der Waals surface area (Å²) in [5, 5.41) is 0. The van der Waals surface area contributed by atoms with Crippen LogP contribution in [0.4, 0.5) is 17.6 Å². The highest BCUT2D eigenvalue weighted by Crippen LogP contribution is 2.36. The third kappa shape index (κ3) is 5.25. The zero-order chi connectivity index (χ0) is 25.0. The first-order valence-electron chi connectivity index (χ1n) is 10.4. The number of halogens is 4. The molecule has 0 saturated carbocycles. The predicted octanol–water partition coefficient (Wildman–Crippen LogP) is 5.72. The standard InChI is InChI=1S/C25H24F4N2O3/c1-25(2,3)18(15-10-30-23(31-11-15)14-8-6-5-7-9-14)24(32)34-13-17-21(28)19(26)16(12-33-4)20(27)22(17)29/h5-11,18H,12-13H2,1-4H3. The zero-order valence-corrected chi connectivity index (χ0v) is 19.2. The molecule has 5 nitrogen and oxygen atoms in total. The lowest BCUT2D eigenvalue weighted by Gasteiger charge is -2.29. The third-order valence-electron chi connectivity index (χ3n) is 5.23. The van der Waals surface area contributed by atoms with Crippen LogP contribution < -0.4 is 0 Å². The predicted molar refractivity (Wildman–Crippen MR) is 116 cm³/mol. The first-order chi connectivity index (χ1) is 16.1. The normalized spacial score (nSPS) is 12.5. The van der Waals surface area contributed by atoms with Crippen LogP contribution in [-0.4, -0.2) is 23.0 Å². The highest BCUT2D eigenvalue weighted by atomic mass is 19.2. The second kappa shape index (κ2) is 10.3. The van der Waals surface area contributed by atoms with Gasteiger partial charge in [0.05, 0.1) is 23.7 Å². The number of hydrogen-bond acceptors (Lipinski definition) is 5. The molecule has 1 unspecified atom stereocenters. The van der Waals surface area contributed by atoms with Crippen LogP contribution >= 0.6 is 0 Å². The maximum absolute atomic E-state index is 14.4. The van der Waals surface area contributed by atoms with Gasteiger partial charge in [-0.1, -0.05) is 51.1 Å². The molecular weight excluding hydrogens is 452 g/mol. The smallest absolute Gasteiger partial charge is 0.314 e. The van der Waals surface area contributed by atoms with Gasteiger partial charge in [0.15, 0.2) is 29.1 Å². The van der Waals surface area contributed by atoms with Crippen LogP contribution in [0.25, 0.3) is 11.4 Å². The fraction of sp³-hybridized carbons (Fsp3) is 0.320. The van der Waals surface area contributed by atoms with E-state index in [0.717, 1.165) is 12.7 Å². The second-order valence-electron chi connectivity index (χ2n) is 8.76. The Bertz CT molecular complexity index is 1130. The lowest BCUT2D eigenvalue weighted by Crippen LogP contribution is -2.29. The molecular formula is C25H24F4N2O3. The van der Waals surface area contributed by atoms with Crippen molar-refractivity contribution < 1.29 is 31.8 Å². The molecule has 0 amide bonds. The van der Waals surface area contributed by atoms with Crippen molar-refractivity contribution >= 4 is 5.97 Å². The Balaban J connectivity index is 1.85. The van der Waals surface area contributed by atoms with Crippen LogP contribution in [0, 0.1) is 28.7 Å². The van der Waals surface area contributed by atoms with Gasteiger partial charge in [0.2, 0.25) is 0 Å². The number of carbonyl (C=O) groups excluding carboxylic acids is 1. The van der Waals surface area contributed by atoms with Gasteiger partial charge in [0, 0.05) is 30.6 Å². The van der Waals surface area contributed by atoms with Crippen molar-refractivity contribution in [1.82, 2.24) is 9.97 Å². The van der Waals surface area contributed by atoms with Crippen molar-refractivity contribution in [3.63, 3.8) is 0 Å². The van der Waals surface area contributed by atoms with E-state index in [-0.39, 0.29) is 0 Å². The van der Waals surface area contributed by atoms with Gasteiger partial charge in [-0.2, -0.15) is 0 Å². The van der Waals surface area contributed by atoms with E-state index in [1.807, 2.05) is 30.3 Å². The number of rotatable bonds is 7. The number of methoxy groups -OCH3 is 1. The van der Waals surface area contributed by atoms with Crippen molar-refractivity contribution in [2.24, 2.45) is 5.41 Å². The summed E-state index contributed by atoms with van der Waals surface area (Å²) in [6, 6.07) is 9.22. The van der Waals surface area contributed by atoms with Gasteiger partial charge in [-0.15, -0.1) is 0 Å². The Kier molecular flexibility index (Phi) is 7.66. The number of benzene rings is 2. The average Bonchev–Trinajstić information content (AvgIpc) is 2.81. The second-order valence-corrected chi connectivity index (χ2v) is 8.76. The Morgan fingerprint density at radius 2 is 1.38 bits per heavy atom. The van der Waals surface area contributed by atoms with E-state index < -0.39 is 64.9 Å². The van der Waals surface area contributed by atoms with E-state index >= 15 is 0 Å². The molecule has 0 aliphatic rings. The van der Waals surface area contributed by atoms with Gasteiger partial charge in [0.1, 0.15) is 6.61 Å². The van der Waals surface area contributed by atoms with E-state index in [1.54, 1.807) is 20.8 Å². The van der Waals surface area contributed by atoms with Gasteiger partial charge in [-0.25, -0.2) is 27.5 Å². The minimum absolute atomic E-state index is 0.422. The summed E-state index contributed by atoms with van der Waals surface area (Å²) in [6.45, 7) is 3.65. The molecule has 2 aromatic carbocycles. The summed E-state index contributed by atoms with van der Waals surface area (Å²) in [6.07, 6.45) is 2.96. The van der Waals surface area contributed by atoms with Gasteiger partial charge >= 0.3 is 5.97 Å². The van der Waals surface area contributed by atoms with Crippen LogP contribution in [0.15, 0.2) is 42.7 Å². The number of aromatic nitrogens is 2. The van der Waals surface area contributed by atoms with Crippen LogP contribution in [0.5, 0.6) is 0 Å². The molecule has 1 atom stereocenters. The van der Waals surface area contributed by atoms with Gasteiger partial charge < -0.3 is 9.47 Å². The summed E-state index contributed by atoms with van der Waals surface area (Å²) >= 11 is 0. The van der Waals surface area contributed by atoms with Crippen molar-refractivity contribution in [1.29, 1.82) is 0 Å². The van der Waals surface area contributed by atoms with Crippen LogP contribution in [0.2, 0.25) is 0 Å². The van der Waals surface area contributed by atoms with Crippen LogP contribution in [0.1, 0.15) is 43.4 Å². The molecule has 34 heavy (non-hydrogen) atoms. The van der Waals surface area contributed by atoms with Gasteiger partial charge in [0.25, 0.3) is 0 Å². The fourth-order valence-electron chi connectivity index (χ4n) is 3.56. The summed E-state index contributed by atoms with van der Waals surface area (Å²) in [5.74, 6) is -7.76. The highest BCUT2D eigenvalue weighted by molar-refractivity contribution is 5.79. The maximum atomic E-state index is 14.4. The van der Waals surface area contributed by atoms with Crippen LogP contribution in [0.3, 0.4) is 0 Å². The Morgan fingerprint density at radius 1 is 0.882 bits per heavy atom. The molecule has 3 rings (SSSR count). The quantitative estimate of drug-likeness (QED) is 0.248. The van der Waals surface area contributed by atoms with E-state index in [9.17, 15) is 22.4 Å². The van der Waals surface area contributed by atoms with Gasteiger partial charge in [-0.3, -0.25) is 4.79 Å². The summed E-state index contributed by atoms with van der Waals surface area (Å²) < 4.78 is 66.9. The lowest BCUT2D eigenvalue weighted by molar-refractivity contribution is -0.149. The first kappa shape index (κ1) is 25.3. The Morgan fingerprint density at radius 3 is 1.85 bits per heavy atom. The summed E-state index contributed by atoms with van der Waals surface area (Å²) in [5.41, 5.74) is -1.38. The molecule has 0 bridgehead atoms. The average molecular weight is 476 g/mol. The Hall–Kier alpha value is -3.33. The largest absolute Gasteiger partial charge is 0.460 e. The molecule has 0 spiro atoms. The van der Waals surface area contributed by atoms with E-state index in [4.69, 9.17) is 4.74 Å². The molecule has 0 fully saturated rings. The van der Waals surface area contributed by atoms with Gasteiger partial charge in [-0.05, 0) is 5.41 Å². The minimum atomic E-state index is -1.64. The number of ether oxygens (including phenoxy) is 2. The molecule has 180 valence electrons. The molecule has 1 heterocycles. The minimum Gasteiger partial charge on any atom is -0.460 e. The van der Waals surface area contributed by atoms with E-state index in [1.165, 1.54) is 12.4 Å². The molecule has 1 aromatic heterocycles. The van der Waals surface area contributed by atoms with Crippen LogP contribution in [-0.2, 0) is 27.5 Å². The van der Waals surface area contributed by atoms with E-state index in [2.05, 4.69) is 14.7 Å². The molecule has 0 aliphatic heterocycles. The molecule has 0 aliphatic carbocycles. The number of nitrogens with zero attached hydrogens (tertiary/aromatic N) is 2. The molecule has 0 N–H and O–H groups in total. The molecule has 0 saturated heterocycles. The third-order valence-corrected chi connectivity index (χ3v) is 5.23. The van der Waals surface area contributed by atoms with Crippen molar-refractivity contribution in [3.8, 4) is 11.4 Å². The first-order valence-corrected chi connectivity index (χ1v) is 10.4. The van der Waals surface area contributed by atoms with E-state index in [0.29, 0.717) is 11.4 Å². The van der Waals surface area contributed by atoms with Crippen molar-refractivity contribution in [3.05, 3.63) is 82.7 Å². The lowest BCUT2D eigenvalue weighted by atomic mass is 9.77. The molecule has 0 radical (unpaired) electrons. The topological polar surface area (TPSA) is 61.3 Å². The zero-order valence-electron chi connectivity index (χ0n) is 19.2. The van der Waals surface area contributed by atoms with Crippen molar-refractivity contribution in [2.75, 3.05) is 7.11 Å². The molecule has 3 aromatic rings. The molecule has 9 heteroatoms. The maximum Gasteiger partial charge on any atom is 0.314 e. The number of carbonyl (C=O) groups is 1. The SMILES string of the molecule is COCc1c(F)c(F)c(COC(=O)C(c2cnc(-c3ccccc3)nc2)C(C)(C)C)c(F)c1F. The summed E-state index contributed by atoms with van der Waals surface area (Å²) in [7, 11) is 1.13. The number of hydrogen-bond donors (Lipinski definition) is 0. The highest BCUT2D eigenvalue weighted by Gasteiger charge is 2.35. The Labute approximate surface area is 194 Å². The number of esters is 1. The van der Waals surface area contributed by atoms with Crippen molar-refractivity contribution in [2.45, 2.75) is 39.9 Å². The fourth-order valence-corrected chi connectivity index (χ4v) is 3.56. The monoisotopic (exact) mass is 476 g/mol. The summed E-state index contributed by atoms with van der Waals surface area (Å²) in [4.78, 5) is 21.6.